The molecule has 1 aromatic rings. The molecule has 3 unspecified atom stereocenters. The number of hydrogen-bond acceptors (Lipinski definition) is 1. The molecule has 1 fully saturated rings. The van der Waals surface area contributed by atoms with E-state index in [-0.39, 0.29) is 12.0 Å². The highest BCUT2D eigenvalue weighted by Crippen LogP contribution is 2.40. The summed E-state index contributed by atoms with van der Waals surface area (Å²) in [5.74, 6) is 1.15. The number of benzene rings is 1. The number of rotatable bonds is 3. The average Bonchev–Trinajstić information content (AvgIpc) is 3.04. The number of nitrogens with zero attached hydrogens (tertiary/aromatic N) is 1. The fourth-order valence-corrected chi connectivity index (χ4v) is 2.07. The molecule has 0 N–H and O–H groups in total. The van der Waals surface area contributed by atoms with Crippen molar-refractivity contribution in [3.63, 3.8) is 0 Å². The Kier molecular flexibility index (Phi) is 2.99. The smallest absolute Gasteiger partial charge is 0.226 e. The Hall–Kier alpha value is -1.31. The molecule has 0 saturated heterocycles. The van der Waals surface area contributed by atoms with Gasteiger partial charge in [0.25, 0.3) is 0 Å². The predicted molar refractivity (Wildman–Crippen MR) is 64.9 cm³/mol. The second-order valence-electron chi connectivity index (χ2n) is 4.86. The highest BCUT2D eigenvalue weighted by atomic mass is 16.2. The summed E-state index contributed by atoms with van der Waals surface area (Å²) >= 11 is 0. The number of carbonyl (C=O) groups is 1. The highest BCUT2D eigenvalue weighted by molar-refractivity contribution is 5.81. The topological polar surface area (TPSA) is 20.3 Å². The van der Waals surface area contributed by atoms with E-state index >= 15 is 0 Å². The number of amides is 1. The molecule has 0 aromatic heterocycles. The molecule has 0 radical (unpaired) electrons. The second kappa shape index (κ2) is 4.28. The summed E-state index contributed by atoms with van der Waals surface area (Å²) in [6, 6.07) is 10.4. The van der Waals surface area contributed by atoms with Crippen LogP contribution in [-0.4, -0.2) is 17.9 Å². The molecular weight excluding hydrogens is 198 g/mol. The molecule has 1 aliphatic rings. The maximum atomic E-state index is 12.1. The highest BCUT2D eigenvalue weighted by Gasteiger charge is 2.41. The summed E-state index contributed by atoms with van der Waals surface area (Å²) in [5.41, 5.74) is 1.20. The SMILES string of the molecule is CC1CC1C(=O)N(C)C(C)c1ccccc1. The van der Waals surface area contributed by atoms with Crippen LogP contribution in [0.2, 0.25) is 0 Å². The van der Waals surface area contributed by atoms with Crippen LogP contribution in [0.1, 0.15) is 31.9 Å². The van der Waals surface area contributed by atoms with Gasteiger partial charge < -0.3 is 4.90 Å². The van der Waals surface area contributed by atoms with Crippen molar-refractivity contribution >= 4 is 5.91 Å². The van der Waals surface area contributed by atoms with Gasteiger partial charge in [0, 0.05) is 13.0 Å². The normalized spacial score (nSPS) is 24.9. The van der Waals surface area contributed by atoms with Crippen LogP contribution in [0.3, 0.4) is 0 Å². The Morgan fingerprint density at radius 2 is 1.94 bits per heavy atom. The van der Waals surface area contributed by atoms with E-state index in [1.165, 1.54) is 5.56 Å². The van der Waals surface area contributed by atoms with E-state index in [0.717, 1.165) is 6.42 Å². The average molecular weight is 217 g/mol. The molecule has 1 saturated carbocycles. The zero-order valence-corrected chi connectivity index (χ0v) is 10.2. The molecule has 86 valence electrons. The van der Waals surface area contributed by atoms with Crippen molar-refractivity contribution in [2.45, 2.75) is 26.3 Å². The molecule has 2 heteroatoms. The molecule has 3 atom stereocenters. The van der Waals surface area contributed by atoms with Gasteiger partial charge in [0.15, 0.2) is 0 Å². The van der Waals surface area contributed by atoms with E-state index in [1.807, 2.05) is 30.1 Å². The van der Waals surface area contributed by atoms with E-state index in [4.69, 9.17) is 0 Å². The van der Waals surface area contributed by atoms with Crippen LogP contribution in [-0.2, 0) is 4.79 Å². The zero-order valence-electron chi connectivity index (χ0n) is 10.2. The summed E-state index contributed by atoms with van der Waals surface area (Å²) in [5, 5.41) is 0. The van der Waals surface area contributed by atoms with Gasteiger partial charge in [-0.05, 0) is 24.8 Å². The summed E-state index contributed by atoms with van der Waals surface area (Å²) < 4.78 is 0. The quantitative estimate of drug-likeness (QED) is 0.762. The Bertz CT molecular complexity index is 374. The molecule has 1 aliphatic carbocycles. The molecule has 0 heterocycles. The lowest BCUT2D eigenvalue weighted by Gasteiger charge is -2.25. The first kappa shape index (κ1) is 11.2. The Labute approximate surface area is 97.3 Å². The van der Waals surface area contributed by atoms with Crippen molar-refractivity contribution in [3.05, 3.63) is 35.9 Å². The van der Waals surface area contributed by atoms with Crippen molar-refractivity contribution in [2.24, 2.45) is 11.8 Å². The molecule has 16 heavy (non-hydrogen) atoms. The lowest BCUT2D eigenvalue weighted by atomic mass is 10.1. The number of hydrogen-bond donors (Lipinski definition) is 0. The fourth-order valence-electron chi connectivity index (χ4n) is 2.07. The first-order valence-corrected chi connectivity index (χ1v) is 5.93. The van der Waals surface area contributed by atoms with Crippen molar-refractivity contribution in [2.75, 3.05) is 7.05 Å². The third-order valence-corrected chi connectivity index (χ3v) is 3.64. The molecule has 2 rings (SSSR count). The first-order valence-electron chi connectivity index (χ1n) is 5.93. The third-order valence-electron chi connectivity index (χ3n) is 3.64. The Morgan fingerprint density at radius 1 is 1.38 bits per heavy atom. The summed E-state index contributed by atoms with van der Waals surface area (Å²) in [6.07, 6.45) is 1.06. The Morgan fingerprint density at radius 3 is 2.44 bits per heavy atom. The molecule has 0 aliphatic heterocycles. The van der Waals surface area contributed by atoms with Crippen molar-refractivity contribution in [1.29, 1.82) is 0 Å². The standard InChI is InChI=1S/C14H19NO/c1-10-9-13(10)14(16)15(3)11(2)12-7-5-4-6-8-12/h4-8,10-11,13H,9H2,1-3H3. The lowest BCUT2D eigenvalue weighted by molar-refractivity contribution is -0.133. The van der Waals surface area contributed by atoms with Crippen molar-refractivity contribution < 1.29 is 4.79 Å². The maximum absolute atomic E-state index is 12.1. The third kappa shape index (κ3) is 2.11. The summed E-state index contributed by atoms with van der Waals surface area (Å²) in [4.78, 5) is 13.9. The van der Waals surface area contributed by atoms with Crippen LogP contribution < -0.4 is 0 Å². The van der Waals surface area contributed by atoms with Gasteiger partial charge in [0.2, 0.25) is 5.91 Å². The predicted octanol–water partition coefficient (Wildman–Crippen LogP) is 2.86. The molecule has 0 bridgehead atoms. The Balaban J connectivity index is 2.04. The molecule has 1 amide bonds. The van der Waals surface area contributed by atoms with E-state index < -0.39 is 0 Å². The fraction of sp³-hybridized carbons (Fsp3) is 0.500. The van der Waals surface area contributed by atoms with Crippen LogP contribution >= 0.6 is 0 Å². The molecule has 1 aromatic carbocycles. The zero-order chi connectivity index (χ0) is 11.7. The van der Waals surface area contributed by atoms with Gasteiger partial charge in [-0.1, -0.05) is 37.3 Å². The van der Waals surface area contributed by atoms with Gasteiger partial charge in [-0.15, -0.1) is 0 Å². The molecule has 2 nitrogen and oxygen atoms in total. The van der Waals surface area contributed by atoms with E-state index in [1.54, 1.807) is 0 Å². The van der Waals surface area contributed by atoms with E-state index in [2.05, 4.69) is 26.0 Å². The van der Waals surface area contributed by atoms with Gasteiger partial charge in [0.05, 0.1) is 6.04 Å². The second-order valence-corrected chi connectivity index (χ2v) is 4.86. The minimum absolute atomic E-state index is 0.168. The van der Waals surface area contributed by atoms with Crippen LogP contribution in [0.15, 0.2) is 30.3 Å². The van der Waals surface area contributed by atoms with Crippen molar-refractivity contribution in [3.8, 4) is 0 Å². The largest absolute Gasteiger partial charge is 0.339 e. The van der Waals surface area contributed by atoms with Crippen LogP contribution in [0.5, 0.6) is 0 Å². The van der Waals surface area contributed by atoms with Gasteiger partial charge in [0.1, 0.15) is 0 Å². The van der Waals surface area contributed by atoms with Crippen LogP contribution in [0.4, 0.5) is 0 Å². The first-order chi connectivity index (χ1) is 7.61. The number of carbonyl (C=O) groups excluding carboxylic acids is 1. The summed E-state index contributed by atoms with van der Waals surface area (Å²) in [7, 11) is 1.91. The van der Waals surface area contributed by atoms with E-state index in [9.17, 15) is 4.79 Å². The van der Waals surface area contributed by atoms with Crippen LogP contribution in [0.25, 0.3) is 0 Å². The monoisotopic (exact) mass is 217 g/mol. The van der Waals surface area contributed by atoms with Gasteiger partial charge in [-0.2, -0.15) is 0 Å². The molecular formula is C14H19NO. The van der Waals surface area contributed by atoms with Crippen molar-refractivity contribution in [1.82, 2.24) is 4.90 Å². The molecule has 0 spiro atoms. The van der Waals surface area contributed by atoms with Gasteiger partial charge in [-0.3, -0.25) is 4.79 Å². The maximum Gasteiger partial charge on any atom is 0.226 e. The minimum atomic E-state index is 0.168. The van der Waals surface area contributed by atoms with Gasteiger partial charge in [-0.25, -0.2) is 0 Å². The van der Waals surface area contributed by atoms with E-state index in [0.29, 0.717) is 11.8 Å². The lowest BCUT2D eigenvalue weighted by Crippen LogP contribution is -2.31. The minimum Gasteiger partial charge on any atom is -0.339 e. The summed E-state index contributed by atoms with van der Waals surface area (Å²) in [6.45, 7) is 4.23. The van der Waals surface area contributed by atoms with Crippen LogP contribution in [0, 0.1) is 11.8 Å². The van der Waals surface area contributed by atoms with Gasteiger partial charge >= 0.3 is 0 Å².